The molecule has 2 amide bonds. The molecule has 22 heavy (non-hydrogen) atoms. The highest BCUT2D eigenvalue weighted by Gasteiger charge is 2.44. The molecule has 0 saturated carbocycles. The Labute approximate surface area is 133 Å². The zero-order valence-corrected chi connectivity index (χ0v) is 13.7. The maximum absolute atomic E-state index is 14.9. The number of hydrogen-bond donors (Lipinski definition) is 1. The zero-order valence-electron chi connectivity index (χ0n) is 12.9. The fourth-order valence-electron chi connectivity index (χ4n) is 2.53. The minimum Gasteiger partial charge on any atom is -0.383 e. The Morgan fingerprint density at radius 2 is 2.32 bits per heavy atom. The lowest BCUT2D eigenvalue weighted by atomic mass is 9.93. The number of likely N-dealkylation sites (tertiary alicyclic amines) is 1. The number of halogens is 1. The van der Waals surface area contributed by atoms with Gasteiger partial charge in [0.15, 0.2) is 0 Å². The van der Waals surface area contributed by atoms with Crippen molar-refractivity contribution >= 4 is 23.2 Å². The van der Waals surface area contributed by atoms with E-state index in [-0.39, 0.29) is 25.4 Å². The van der Waals surface area contributed by atoms with Crippen LogP contribution in [0.25, 0.3) is 0 Å². The third-order valence-corrected chi connectivity index (χ3v) is 4.79. The molecule has 0 spiro atoms. The maximum Gasteiger partial charge on any atom is 0.264 e. The number of thiophene rings is 1. The lowest BCUT2D eigenvalue weighted by Gasteiger charge is -2.36. The first-order valence-electron chi connectivity index (χ1n) is 7.27. The van der Waals surface area contributed by atoms with Gasteiger partial charge in [0, 0.05) is 20.2 Å². The van der Waals surface area contributed by atoms with E-state index in [1.807, 2.05) is 18.4 Å². The van der Waals surface area contributed by atoms with Crippen LogP contribution in [0.15, 0.2) is 11.4 Å². The molecule has 1 unspecified atom stereocenters. The fourth-order valence-corrected chi connectivity index (χ4v) is 3.42. The molecule has 0 radical (unpaired) electrons. The standard InChI is InChI=1S/C15H21FN2O3S/c1-11-4-9-22-12(11)13(19)18-7-3-5-15(16,10-18)14(20)17-6-8-21-2/h4,9H,3,5-8,10H2,1-2H3,(H,17,20). The second-order valence-corrected chi connectivity index (χ2v) is 6.39. The molecule has 1 fully saturated rings. The van der Waals surface area contributed by atoms with Crippen LogP contribution in [0.3, 0.4) is 0 Å². The number of carbonyl (C=O) groups excluding carboxylic acids is 2. The number of methoxy groups -OCH3 is 1. The van der Waals surface area contributed by atoms with Crippen LogP contribution >= 0.6 is 11.3 Å². The second kappa shape index (κ2) is 7.19. The van der Waals surface area contributed by atoms with Gasteiger partial charge in [0.2, 0.25) is 5.67 Å². The highest BCUT2D eigenvalue weighted by Crippen LogP contribution is 2.28. The number of nitrogens with zero attached hydrogens (tertiary/aromatic N) is 1. The van der Waals surface area contributed by atoms with Crippen molar-refractivity contribution in [2.75, 3.05) is 33.4 Å². The van der Waals surface area contributed by atoms with Gasteiger partial charge in [-0.3, -0.25) is 9.59 Å². The monoisotopic (exact) mass is 328 g/mol. The van der Waals surface area contributed by atoms with Crippen LogP contribution in [-0.4, -0.2) is 55.7 Å². The van der Waals surface area contributed by atoms with E-state index >= 15 is 0 Å². The van der Waals surface area contributed by atoms with E-state index in [4.69, 9.17) is 4.74 Å². The Morgan fingerprint density at radius 3 is 2.95 bits per heavy atom. The molecule has 1 aliphatic heterocycles. The first-order chi connectivity index (χ1) is 10.5. The van der Waals surface area contributed by atoms with Crippen LogP contribution < -0.4 is 5.32 Å². The molecule has 1 aromatic rings. The summed E-state index contributed by atoms with van der Waals surface area (Å²) < 4.78 is 19.7. The number of amides is 2. The third-order valence-electron chi connectivity index (χ3n) is 3.78. The Balaban J connectivity index is 2.03. The molecule has 1 saturated heterocycles. The molecule has 2 heterocycles. The number of hydrogen-bond acceptors (Lipinski definition) is 4. The minimum absolute atomic E-state index is 0.138. The van der Waals surface area contributed by atoms with E-state index < -0.39 is 11.6 Å². The summed E-state index contributed by atoms with van der Waals surface area (Å²) in [6.45, 7) is 2.74. The molecule has 0 aromatic carbocycles. The van der Waals surface area contributed by atoms with E-state index in [1.54, 1.807) is 0 Å². The van der Waals surface area contributed by atoms with E-state index in [9.17, 15) is 14.0 Å². The van der Waals surface area contributed by atoms with Crippen LogP contribution in [-0.2, 0) is 9.53 Å². The van der Waals surface area contributed by atoms with E-state index in [1.165, 1.54) is 23.3 Å². The third kappa shape index (κ3) is 3.64. The van der Waals surface area contributed by atoms with Crippen molar-refractivity contribution in [2.45, 2.75) is 25.4 Å². The van der Waals surface area contributed by atoms with Gasteiger partial charge in [-0.05, 0) is 36.8 Å². The van der Waals surface area contributed by atoms with Gasteiger partial charge in [-0.2, -0.15) is 0 Å². The molecular weight excluding hydrogens is 307 g/mol. The molecule has 2 rings (SSSR count). The average Bonchev–Trinajstić information content (AvgIpc) is 2.93. The highest BCUT2D eigenvalue weighted by molar-refractivity contribution is 7.12. The summed E-state index contributed by atoms with van der Waals surface area (Å²) in [5.74, 6) is -0.858. The number of carbonyl (C=O) groups is 2. The molecule has 122 valence electrons. The van der Waals surface area contributed by atoms with Gasteiger partial charge >= 0.3 is 0 Å². The lowest BCUT2D eigenvalue weighted by Crippen LogP contribution is -2.56. The number of rotatable bonds is 5. The average molecular weight is 328 g/mol. The quantitative estimate of drug-likeness (QED) is 0.838. The summed E-state index contributed by atoms with van der Waals surface area (Å²) in [5.41, 5.74) is -1.14. The van der Waals surface area contributed by atoms with Crippen molar-refractivity contribution in [1.29, 1.82) is 0 Å². The summed E-state index contributed by atoms with van der Waals surface area (Å²) in [7, 11) is 1.52. The van der Waals surface area contributed by atoms with Gasteiger partial charge in [-0.25, -0.2) is 4.39 Å². The molecule has 1 aromatic heterocycles. The van der Waals surface area contributed by atoms with E-state index in [0.29, 0.717) is 24.4 Å². The van der Waals surface area contributed by atoms with Crippen molar-refractivity contribution in [2.24, 2.45) is 0 Å². The Bertz CT molecular complexity index is 549. The molecule has 0 bridgehead atoms. The van der Waals surface area contributed by atoms with Crippen LogP contribution in [0.2, 0.25) is 0 Å². The number of alkyl halides is 1. The minimum atomic E-state index is -2.02. The maximum atomic E-state index is 14.9. The largest absolute Gasteiger partial charge is 0.383 e. The zero-order chi connectivity index (χ0) is 16.2. The molecule has 5 nitrogen and oxygen atoms in total. The summed E-state index contributed by atoms with van der Waals surface area (Å²) in [6.07, 6.45) is 0.614. The van der Waals surface area contributed by atoms with Crippen molar-refractivity contribution in [3.8, 4) is 0 Å². The number of nitrogens with one attached hydrogen (secondary N) is 1. The molecule has 1 N–H and O–H groups in total. The van der Waals surface area contributed by atoms with Crippen molar-refractivity contribution in [3.63, 3.8) is 0 Å². The SMILES string of the molecule is COCCNC(=O)C1(F)CCCN(C(=O)c2sccc2C)C1. The van der Waals surface area contributed by atoms with Gasteiger partial charge in [0.25, 0.3) is 11.8 Å². The summed E-state index contributed by atoms with van der Waals surface area (Å²) >= 11 is 1.35. The van der Waals surface area contributed by atoms with Crippen LogP contribution in [0, 0.1) is 6.92 Å². The van der Waals surface area contributed by atoms with E-state index in [0.717, 1.165) is 5.56 Å². The topological polar surface area (TPSA) is 58.6 Å². The fraction of sp³-hybridized carbons (Fsp3) is 0.600. The lowest BCUT2D eigenvalue weighted by molar-refractivity contribution is -0.136. The first kappa shape index (κ1) is 16.9. The van der Waals surface area contributed by atoms with Crippen molar-refractivity contribution in [3.05, 3.63) is 21.9 Å². The summed E-state index contributed by atoms with van der Waals surface area (Å²) in [5, 5.41) is 4.37. The van der Waals surface area contributed by atoms with E-state index in [2.05, 4.69) is 5.32 Å². The number of piperidine rings is 1. The Morgan fingerprint density at radius 1 is 1.55 bits per heavy atom. The first-order valence-corrected chi connectivity index (χ1v) is 8.15. The molecule has 0 aliphatic carbocycles. The Kier molecular flexibility index (Phi) is 5.52. The predicted octanol–water partition coefficient (Wildman–Crippen LogP) is 1.76. The van der Waals surface area contributed by atoms with Crippen LogP contribution in [0.1, 0.15) is 28.1 Å². The summed E-state index contributed by atoms with van der Waals surface area (Å²) in [6, 6.07) is 1.86. The smallest absolute Gasteiger partial charge is 0.264 e. The normalized spacial score (nSPS) is 21.7. The Hall–Kier alpha value is -1.47. The van der Waals surface area contributed by atoms with Gasteiger partial charge in [-0.1, -0.05) is 0 Å². The number of ether oxygens (including phenoxy) is 1. The van der Waals surface area contributed by atoms with Crippen molar-refractivity contribution < 1.29 is 18.7 Å². The predicted molar refractivity (Wildman–Crippen MR) is 82.9 cm³/mol. The summed E-state index contributed by atoms with van der Waals surface area (Å²) in [4.78, 5) is 26.6. The van der Waals surface area contributed by atoms with Crippen LogP contribution in [0.4, 0.5) is 4.39 Å². The van der Waals surface area contributed by atoms with Gasteiger partial charge in [0.1, 0.15) is 0 Å². The molecule has 1 aliphatic rings. The second-order valence-electron chi connectivity index (χ2n) is 5.48. The molecule has 7 heteroatoms. The molecular formula is C15H21FN2O3S. The van der Waals surface area contributed by atoms with Gasteiger partial charge in [0.05, 0.1) is 18.0 Å². The van der Waals surface area contributed by atoms with Crippen molar-refractivity contribution in [1.82, 2.24) is 10.2 Å². The number of aryl methyl sites for hydroxylation is 1. The molecule has 1 atom stereocenters. The van der Waals surface area contributed by atoms with Gasteiger partial charge in [-0.15, -0.1) is 11.3 Å². The van der Waals surface area contributed by atoms with Crippen LogP contribution in [0.5, 0.6) is 0 Å². The highest BCUT2D eigenvalue weighted by atomic mass is 32.1. The van der Waals surface area contributed by atoms with Gasteiger partial charge < -0.3 is 15.0 Å².